The zero-order valence-corrected chi connectivity index (χ0v) is 9.42. The van der Waals surface area contributed by atoms with Crippen LogP contribution in [0.15, 0.2) is 18.2 Å². The summed E-state index contributed by atoms with van der Waals surface area (Å²) in [5, 5.41) is 16.6. The van der Waals surface area contributed by atoms with Crippen molar-refractivity contribution >= 4 is 11.4 Å². The smallest absolute Gasteiger partial charge is 0.117 e. The highest BCUT2D eigenvalue weighted by Crippen LogP contribution is 2.39. The molecule has 1 aliphatic heterocycles. The number of phenolic OH excluding ortho intramolecular Hbond substituents is 1. The van der Waals surface area contributed by atoms with E-state index in [0.717, 1.165) is 17.9 Å². The Kier molecular flexibility index (Phi) is 2.20. The van der Waals surface area contributed by atoms with E-state index in [1.807, 2.05) is 12.1 Å². The second kappa shape index (κ2) is 3.58. The normalized spacial score (nSPS) is 22.0. The first-order valence-electron chi connectivity index (χ1n) is 6.13. The molecule has 0 unspecified atom stereocenters. The Balaban J connectivity index is 1.89. The van der Waals surface area contributed by atoms with Crippen LogP contribution in [0.1, 0.15) is 32.1 Å². The lowest BCUT2D eigenvalue weighted by molar-refractivity contribution is 0.334. The summed E-state index contributed by atoms with van der Waals surface area (Å²) in [5.74, 6) is 0.334. The summed E-state index contributed by atoms with van der Waals surface area (Å²) < 4.78 is 0. The molecule has 3 N–H and O–H groups in total. The molecule has 0 radical (unpaired) electrons. The maximum Gasteiger partial charge on any atom is 0.117 e. The minimum atomic E-state index is 0.221. The van der Waals surface area contributed by atoms with Crippen LogP contribution in [0.4, 0.5) is 11.4 Å². The van der Waals surface area contributed by atoms with Gasteiger partial charge in [0.25, 0.3) is 0 Å². The number of benzene rings is 1. The molecule has 86 valence electrons. The fourth-order valence-corrected chi connectivity index (χ4v) is 2.91. The molecule has 1 aromatic carbocycles. The highest BCUT2D eigenvalue weighted by atomic mass is 16.3. The predicted molar refractivity (Wildman–Crippen MR) is 66.0 cm³/mol. The molecule has 1 aliphatic carbocycles. The van der Waals surface area contributed by atoms with E-state index in [1.165, 1.54) is 32.1 Å². The van der Waals surface area contributed by atoms with Gasteiger partial charge in [0, 0.05) is 12.6 Å². The highest BCUT2D eigenvalue weighted by molar-refractivity contribution is 5.73. The minimum Gasteiger partial charge on any atom is -0.508 e. The van der Waals surface area contributed by atoms with Crippen LogP contribution in [0.2, 0.25) is 0 Å². The van der Waals surface area contributed by atoms with Crippen LogP contribution in [0.25, 0.3) is 0 Å². The number of anilines is 2. The van der Waals surface area contributed by atoms with Gasteiger partial charge in [0.15, 0.2) is 0 Å². The van der Waals surface area contributed by atoms with E-state index in [0.29, 0.717) is 5.75 Å². The van der Waals surface area contributed by atoms with Crippen molar-refractivity contribution in [3.8, 4) is 5.75 Å². The topological polar surface area (TPSA) is 44.3 Å². The fraction of sp³-hybridized carbons (Fsp3) is 0.538. The molecular weight excluding hydrogens is 200 g/mol. The summed E-state index contributed by atoms with van der Waals surface area (Å²) in [6.45, 7) is 1.00. The third-order valence-corrected chi connectivity index (χ3v) is 3.83. The Morgan fingerprint density at radius 1 is 1.06 bits per heavy atom. The maximum atomic E-state index is 9.51. The minimum absolute atomic E-state index is 0.221. The van der Waals surface area contributed by atoms with Crippen molar-refractivity contribution in [1.29, 1.82) is 0 Å². The number of hydrogen-bond acceptors (Lipinski definition) is 3. The Labute approximate surface area is 95.9 Å². The standard InChI is InChI=1S/C13H18N2O/c16-10-4-5-11-12(8-10)15-13(9-14-11)6-2-1-3-7-13/h4-5,8,14-16H,1-3,6-7,9H2. The number of rotatable bonds is 0. The largest absolute Gasteiger partial charge is 0.508 e. The molecule has 3 nitrogen and oxygen atoms in total. The molecule has 1 aromatic rings. The molecule has 0 saturated heterocycles. The van der Waals surface area contributed by atoms with Crippen molar-refractivity contribution in [1.82, 2.24) is 0 Å². The molecule has 0 bridgehead atoms. The van der Waals surface area contributed by atoms with E-state index < -0.39 is 0 Å². The van der Waals surface area contributed by atoms with Crippen LogP contribution in [0.3, 0.4) is 0 Å². The lowest BCUT2D eigenvalue weighted by atomic mass is 9.80. The van der Waals surface area contributed by atoms with Crippen molar-refractivity contribution in [3.63, 3.8) is 0 Å². The Hall–Kier alpha value is -1.38. The average molecular weight is 218 g/mol. The van der Waals surface area contributed by atoms with Gasteiger partial charge >= 0.3 is 0 Å². The third-order valence-electron chi connectivity index (χ3n) is 3.83. The molecule has 1 saturated carbocycles. The first kappa shape index (κ1) is 9.82. The van der Waals surface area contributed by atoms with Crippen molar-refractivity contribution in [2.75, 3.05) is 17.2 Å². The van der Waals surface area contributed by atoms with Crippen LogP contribution in [-0.2, 0) is 0 Å². The number of aromatic hydroxyl groups is 1. The summed E-state index contributed by atoms with van der Waals surface area (Å²) in [6.07, 6.45) is 6.44. The van der Waals surface area contributed by atoms with E-state index in [4.69, 9.17) is 0 Å². The molecule has 1 heterocycles. The van der Waals surface area contributed by atoms with Gasteiger partial charge in [-0.3, -0.25) is 0 Å². The van der Waals surface area contributed by atoms with Gasteiger partial charge in [-0.05, 0) is 25.0 Å². The van der Waals surface area contributed by atoms with Gasteiger partial charge in [-0.25, -0.2) is 0 Å². The first-order valence-corrected chi connectivity index (χ1v) is 6.13. The SMILES string of the molecule is Oc1ccc2c(c1)NC1(CCCCC1)CN2. The van der Waals surface area contributed by atoms with Crippen molar-refractivity contribution in [2.45, 2.75) is 37.6 Å². The molecule has 2 aliphatic rings. The molecular formula is C13H18N2O. The first-order chi connectivity index (χ1) is 7.77. The lowest BCUT2D eigenvalue weighted by Crippen LogP contribution is -2.49. The van der Waals surface area contributed by atoms with E-state index in [1.54, 1.807) is 6.07 Å². The second-order valence-corrected chi connectivity index (χ2v) is 5.05. The Bertz CT molecular complexity index is 397. The van der Waals surface area contributed by atoms with Crippen LogP contribution in [-0.4, -0.2) is 17.2 Å². The Morgan fingerprint density at radius 3 is 2.69 bits per heavy atom. The molecule has 3 heteroatoms. The second-order valence-electron chi connectivity index (χ2n) is 5.05. The van der Waals surface area contributed by atoms with Crippen LogP contribution >= 0.6 is 0 Å². The third kappa shape index (κ3) is 1.60. The summed E-state index contributed by atoms with van der Waals surface area (Å²) in [7, 11) is 0. The van der Waals surface area contributed by atoms with E-state index in [2.05, 4.69) is 10.6 Å². The zero-order chi connectivity index (χ0) is 11.0. The summed E-state index contributed by atoms with van der Waals surface area (Å²) >= 11 is 0. The average Bonchev–Trinajstić information content (AvgIpc) is 2.29. The van der Waals surface area contributed by atoms with Crippen LogP contribution in [0, 0.1) is 0 Å². The molecule has 16 heavy (non-hydrogen) atoms. The van der Waals surface area contributed by atoms with E-state index >= 15 is 0 Å². The number of hydrogen-bond donors (Lipinski definition) is 3. The molecule has 1 spiro atoms. The molecule has 0 amide bonds. The van der Waals surface area contributed by atoms with E-state index in [9.17, 15) is 5.11 Å². The van der Waals surface area contributed by atoms with Gasteiger partial charge in [-0.1, -0.05) is 19.3 Å². The lowest BCUT2D eigenvalue weighted by Gasteiger charge is -2.43. The fourth-order valence-electron chi connectivity index (χ4n) is 2.91. The molecule has 0 atom stereocenters. The molecule has 3 rings (SSSR count). The van der Waals surface area contributed by atoms with Gasteiger partial charge in [0.2, 0.25) is 0 Å². The van der Waals surface area contributed by atoms with Crippen molar-refractivity contribution in [3.05, 3.63) is 18.2 Å². The van der Waals surface area contributed by atoms with Crippen LogP contribution in [0.5, 0.6) is 5.75 Å². The van der Waals surface area contributed by atoms with Gasteiger partial charge < -0.3 is 15.7 Å². The highest BCUT2D eigenvalue weighted by Gasteiger charge is 2.34. The van der Waals surface area contributed by atoms with Crippen LogP contribution < -0.4 is 10.6 Å². The van der Waals surface area contributed by atoms with E-state index in [-0.39, 0.29) is 5.54 Å². The van der Waals surface area contributed by atoms with Gasteiger partial charge in [0.1, 0.15) is 5.75 Å². The van der Waals surface area contributed by atoms with Crippen molar-refractivity contribution < 1.29 is 5.11 Å². The zero-order valence-electron chi connectivity index (χ0n) is 9.42. The van der Waals surface area contributed by atoms with Gasteiger partial charge in [-0.2, -0.15) is 0 Å². The summed E-state index contributed by atoms with van der Waals surface area (Å²) in [5.41, 5.74) is 2.38. The van der Waals surface area contributed by atoms with Gasteiger partial charge in [0.05, 0.1) is 16.9 Å². The van der Waals surface area contributed by atoms with Gasteiger partial charge in [-0.15, -0.1) is 0 Å². The summed E-state index contributed by atoms with van der Waals surface area (Å²) in [6, 6.07) is 5.48. The molecule has 1 fully saturated rings. The Morgan fingerprint density at radius 2 is 1.88 bits per heavy atom. The van der Waals surface area contributed by atoms with Crippen molar-refractivity contribution in [2.24, 2.45) is 0 Å². The number of phenols is 1. The number of fused-ring (bicyclic) bond motifs is 1. The molecule has 0 aromatic heterocycles. The number of nitrogens with one attached hydrogen (secondary N) is 2. The maximum absolute atomic E-state index is 9.51. The summed E-state index contributed by atoms with van der Waals surface area (Å²) in [4.78, 5) is 0. The quantitative estimate of drug-likeness (QED) is 0.587. The monoisotopic (exact) mass is 218 g/mol. The predicted octanol–water partition coefficient (Wildman–Crippen LogP) is 2.93.